The predicted molar refractivity (Wildman–Crippen MR) is 106 cm³/mol. The molecule has 31 heavy (non-hydrogen) atoms. The molecule has 0 aromatic carbocycles. The van der Waals surface area contributed by atoms with Crippen molar-refractivity contribution in [2.75, 3.05) is 6.61 Å². The van der Waals surface area contributed by atoms with E-state index >= 15 is 0 Å². The zero-order valence-corrected chi connectivity index (χ0v) is 17.4. The SMILES string of the molecule is Cc1nn(C)c(C)c1-c1cnn2ccc(-c3nc(OCC(F)(F)F)c(C(=O)O)s3)cc12. The molecule has 1 N–H and O–H groups in total. The number of aromatic carboxylic acids is 1. The summed E-state index contributed by atoms with van der Waals surface area (Å²) in [5, 5.41) is 18.3. The number of nitrogens with zero attached hydrogens (tertiary/aromatic N) is 5. The van der Waals surface area contributed by atoms with Crippen molar-refractivity contribution in [3.63, 3.8) is 0 Å². The Morgan fingerprint density at radius 2 is 2.06 bits per heavy atom. The number of rotatable bonds is 5. The van der Waals surface area contributed by atoms with E-state index in [0.717, 1.165) is 39.4 Å². The molecule has 0 amide bonds. The van der Waals surface area contributed by atoms with E-state index in [0.29, 0.717) is 5.56 Å². The van der Waals surface area contributed by atoms with Crippen molar-refractivity contribution in [1.82, 2.24) is 24.4 Å². The highest BCUT2D eigenvalue weighted by Crippen LogP contribution is 2.36. The maximum Gasteiger partial charge on any atom is 0.422 e. The van der Waals surface area contributed by atoms with E-state index in [9.17, 15) is 23.1 Å². The second-order valence-corrected chi connectivity index (χ2v) is 7.83. The van der Waals surface area contributed by atoms with Gasteiger partial charge < -0.3 is 9.84 Å². The number of carbonyl (C=O) groups is 1. The lowest BCUT2D eigenvalue weighted by atomic mass is 10.0. The Labute approximate surface area is 177 Å². The number of fused-ring (bicyclic) bond motifs is 1. The monoisotopic (exact) mass is 451 g/mol. The molecule has 0 aliphatic rings. The molecule has 0 spiro atoms. The van der Waals surface area contributed by atoms with Crippen LogP contribution < -0.4 is 4.74 Å². The number of alkyl halides is 3. The number of aromatic nitrogens is 5. The molecular weight excluding hydrogens is 435 g/mol. The molecule has 162 valence electrons. The molecule has 0 fully saturated rings. The number of hydrogen-bond donors (Lipinski definition) is 1. The van der Waals surface area contributed by atoms with E-state index < -0.39 is 29.5 Å². The lowest BCUT2D eigenvalue weighted by Crippen LogP contribution is -2.20. The molecule has 4 rings (SSSR count). The number of carboxylic acids is 1. The van der Waals surface area contributed by atoms with Crippen LogP contribution in [-0.4, -0.2) is 48.2 Å². The highest BCUT2D eigenvalue weighted by molar-refractivity contribution is 7.17. The van der Waals surface area contributed by atoms with Gasteiger partial charge in [-0.15, -0.1) is 11.3 Å². The van der Waals surface area contributed by atoms with Crippen LogP contribution in [-0.2, 0) is 7.05 Å². The summed E-state index contributed by atoms with van der Waals surface area (Å²) in [5.41, 5.74) is 4.78. The normalized spacial score (nSPS) is 11.9. The molecular formula is C19H16F3N5O3S. The quantitative estimate of drug-likeness (QED) is 0.491. The number of ether oxygens (including phenoxy) is 1. The van der Waals surface area contributed by atoms with Gasteiger partial charge in [0.05, 0.1) is 17.4 Å². The number of halogens is 3. The van der Waals surface area contributed by atoms with Crippen molar-refractivity contribution >= 4 is 22.8 Å². The molecule has 0 unspecified atom stereocenters. The van der Waals surface area contributed by atoms with E-state index in [-0.39, 0.29) is 5.01 Å². The van der Waals surface area contributed by atoms with Crippen molar-refractivity contribution in [1.29, 1.82) is 0 Å². The van der Waals surface area contributed by atoms with Gasteiger partial charge >= 0.3 is 12.1 Å². The standard InChI is InChI=1S/C19H16F3N5O3S/c1-9-14(10(2)26(3)25-9)12-7-23-27-5-4-11(6-13(12)27)17-24-16(15(31-17)18(28)29)30-8-19(20,21)22/h4-7H,8H2,1-3H3,(H,28,29). The number of pyridine rings is 1. The number of thiazole rings is 1. The zero-order valence-electron chi connectivity index (χ0n) is 16.6. The van der Waals surface area contributed by atoms with Gasteiger partial charge in [-0.25, -0.2) is 14.3 Å². The average Bonchev–Trinajstić information content (AvgIpc) is 3.35. The number of hydrogen-bond acceptors (Lipinski definition) is 6. The minimum absolute atomic E-state index is 0.226. The summed E-state index contributed by atoms with van der Waals surface area (Å²) in [4.78, 5) is 15.1. The molecule has 0 atom stereocenters. The molecule has 0 radical (unpaired) electrons. The molecule has 0 aliphatic heterocycles. The van der Waals surface area contributed by atoms with Crippen LogP contribution in [0.3, 0.4) is 0 Å². The van der Waals surface area contributed by atoms with Gasteiger partial charge in [-0.3, -0.25) is 4.68 Å². The Kier molecular flexibility index (Phi) is 4.96. The van der Waals surface area contributed by atoms with Crippen LogP contribution in [0.1, 0.15) is 21.1 Å². The minimum atomic E-state index is -4.61. The lowest BCUT2D eigenvalue weighted by molar-refractivity contribution is -0.154. The zero-order chi connectivity index (χ0) is 22.5. The maximum absolute atomic E-state index is 12.5. The molecule has 8 nitrogen and oxygen atoms in total. The van der Waals surface area contributed by atoms with Crippen LogP contribution >= 0.6 is 11.3 Å². The van der Waals surface area contributed by atoms with Crippen LogP contribution in [0.2, 0.25) is 0 Å². The third kappa shape index (κ3) is 3.85. The number of carboxylic acid groups (broad SMARTS) is 1. The van der Waals surface area contributed by atoms with Crippen LogP contribution in [0.5, 0.6) is 5.88 Å². The molecule has 0 bridgehead atoms. The highest BCUT2D eigenvalue weighted by Gasteiger charge is 2.31. The van der Waals surface area contributed by atoms with Gasteiger partial charge in [0.1, 0.15) is 5.01 Å². The van der Waals surface area contributed by atoms with Crippen LogP contribution in [0.15, 0.2) is 24.5 Å². The summed E-state index contributed by atoms with van der Waals surface area (Å²) in [6, 6.07) is 3.41. The highest BCUT2D eigenvalue weighted by atomic mass is 32.1. The van der Waals surface area contributed by atoms with Crippen LogP contribution in [0, 0.1) is 13.8 Å². The Hall–Kier alpha value is -3.41. The first-order valence-electron chi connectivity index (χ1n) is 8.97. The van der Waals surface area contributed by atoms with Gasteiger partial charge in [0.15, 0.2) is 11.5 Å². The van der Waals surface area contributed by atoms with E-state index in [1.165, 1.54) is 0 Å². The Balaban J connectivity index is 1.79. The smallest absolute Gasteiger partial charge is 0.422 e. The fourth-order valence-corrected chi connectivity index (χ4v) is 4.13. The van der Waals surface area contributed by atoms with Crippen molar-refractivity contribution < 1.29 is 27.8 Å². The second kappa shape index (κ2) is 7.38. The van der Waals surface area contributed by atoms with E-state index in [2.05, 4.69) is 19.9 Å². The molecule has 0 saturated heterocycles. The van der Waals surface area contributed by atoms with Crippen molar-refractivity contribution in [2.24, 2.45) is 7.05 Å². The van der Waals surface area contributed by atoms with Crippen LogP contribution in [0.25, 0.3) is 27.2 Å². The van der Waals surface area contributed by atoms with Gasteiger partial charge in [-0.1, -0.05) is 0 Å². The van der Waals surface area contributed by atoms with Gasteiger partial charge in [0, 0.05) is 35.6 Å². The lowest BCUT2D eigenvalue weighted by Gasteiger charge is -2.06. The van der Waals surface area contributed by atoms with Crippen LogP contribution in [0.4, 0.5) is 13.2 Å². The summed E-state index contributed by atoms with van der Waals surface area (Å²) in [5.74, 6) is -1.97. The predicted octanol–water partition coefficient (Wildman–Crippen LogP) is 4.11. The van der Waals surface area contributed by atoms with Crippen molar-refractivity contribution in [2.45, 2.75) is 20.0 Å². The molecule has 4 aromatic rings. The summed E-state index contributed by atoms with van der Waals surface area (Å²) in [6.07, 6.45) is -1.23. The van der Waals surface area contributed by atoms with Crippen molar-refractivity contribution in [3.05, 3.63) is 40.8 Å². The summed E-state index contributed by atoms with van der Waals surface area (Å²) >= 11 is 0.745. The molecule has 12 heteroatoms. The van der Waals surface area contributed by atoms with E-state index in [1.807, 2.05) is 20.9 Å². The Morgan fingerprint density at radius 1 is 1.32 bits per heavy atom. The average molecular weight is 451 g/mol. The first kappa shape index (κ1) is 20.8. The van der Waals surface area contributed by atoms with Crippen molar-refractivity contribution in [3.8, 4) is 27.6 Å². The minimum Gasteiger partial charge on any atom is -0.477 e. The molecule has 4 aromatic heterocycles. The van der Waals surface area contributed by atoms with Gasteiger partial charge in [-0.2, -0.15) is 23.4 Å². The fourth-order valence-electron chi connectivity index (χ4n) is 3.28. The van der Waals surface area contributed by atoms with E-state index in [4.69, 9.17) is 0 Å². The first-order valence-corrected chi connectivity index (χ1v) is 9.79. The first-order chi connectivity index (χ1) is 14.5. The third-order valence-corrected chi connectivity index (χ3v) is 5.78. The summed E-state index contributed by atoms with van der Waals surface area (Å²) < 4.78 is 45.6. The largest absolute Gasteiger partial charge is 0.477 e. The van der Waals surface area contributed by atoms with Gasteiger partial charge in [-0.05, 0) is 26.0 Å². The Bertz CT molecular complexity index is 1310. The summed E-state index contributed by atoms with van der Waals surface area (Å²) in [6.45, 7) is 2.20. The van der Waals surface area contributed by atoms with E-state index in [1.54, 1.807) is 33.7 Å². The van der Waals surface area contributed by atoms with Gasteiger partial charge in [0.2, 0.25) is 5.88 Å². The second-order valence-electron chi connectivity index (χ2n) is 6.84. The third-order valence-electron chi connectivity index (χ3n) is 4.71. The fraction of sp³-hybridized carbons (Fsp3) is 0.263. The van der Waals surface area contributed by atoms with Gasteiger partial charge in [0.25, 0.3) is 0 Å². The molecule has 4 heterocycles. The summed E-state index contributed by atoms with van der Waals surface area (Å²) in [7, 11) is 1.84. The topological polar surface area (TPSA) is 94.5 Å². The Morgan fingerprint density at radius 3 is 2.68 bits per heavy atom. The molecule has 0 saturated carbocycles. The maximum atomic E-state index is 12.5. The molecule has 0 aliphatic carbocycles. The number of aryl methyl sites for hydroxylation is 2.